The molecule has 0 aliphatic carbocycles. The van der Waals surface area contributed by atoms with Gasteiger partial charge in [0.05, 0.1) is 5.69 Å². The number of hydrogen-bond acceptors (Lipinski definition) is 5. The van der Waals surface area contributed by atoms with Crippen molar-refractivity contribution in [2.45, 2.75) is 46.6 Å². The third-order valence-electron chi connectivity index (χ3n) is 5.28. The van der Waals surface area contributed by atoms with Crippen molar-refractivity contribution in [3.05, 3.63) is 35.9 Å². The van der Waals surface area contributed by atoms with E-state index in [1.807, 2.05) is 24.3 Å². The lowest BCUT2D eigenvalue weighted by Gasteiger charge is -2.37. The highest BCUT2D eigenvalue weighted by Crippen LogP contribution is 2.30. The predicted molar refractivity (Wildman–Crippen MR) is 115 cm³/mol. The lowest BCUT2D eigenvalue weighted by atomic mass is 9.97. The summed E-state index contributed by atoms with van der Waals surface area (Å²) in [5.74, 6) is 1.24. The Kier molecular flexibility index (Phi) is 6.29. The molecule has 1 aromatic heterocycles. The number of nitrogens with zero attached hydrogens (tertiary/aromatic N) is 4. The fraction of sp³-hybridized carbons (Fsp3) is 0.500. The molecule has 0 bridgehead atoms. The van der Waals surface area contributed by atoms with Crippen LogP contribution in [0.3, 0.4) is 0 Å². The molecule has 0 saturated carbocycles. The average Bonchev–Trinajstić information content (AvgIpc) is 2.68. The van der Waals surface area contributed by atoms with Crippen molar-refractivity contribution in [3.8, 4) is 11.3 Å². The second kappa shape index (κ2) is 8.69. The van der Waals surface area contributed by atoms with Crippen molar-refractivity contribution >= 4 is 17.4 Å². The molecule has 1 aliphatic heterocycles. The highest BCUT2D eigenvalue weighted by molar-refractivity contribution is 5.89. The molecule has 0 unspecified atom stereocenters. The fourth-order valence-electron chi connectivity index (χ4n) is 3.60. The maximum atomic E-state index is 11.2. The molecule has 1 saturated heterocycles. The molecule has 0 spiro atoms. The van der Waals surface area contributed by atoms with Gasteiger partial charge in [0.15, 0.2) is 5.82 Å². The summed E-state index contributed by atoms with van der Waals surface area (Å²) in [6, 6.07) is 10.6. The van der Waals surface area contributed by atoms with Crippen LogP contribution in [0.15, 0.2) is 30.3 Å². The molecule has 28 heavy (non-hydrogen) atoms. The first-order valence-electron chi connectivity index (χ1n) is 10.1. The van der Waals surface area contributed by atoms with Crippen LogP contribution in [-0.4, -0.2) is 53.2 Å². The van der Waals surface area contributed by atoms with Crippen LogP contribution in [0.5, 0.6) is 0 Å². The van der Waals surface area contributed by atoms with Gasteiger partial charge in [0.1, 0.15) is 0 Å². The molecule has 1 fully saturated rings. The van der Waals surface area contributed by atoms with Gasteiger partial charge < -0.3 is 10.2 Å². The van der Waals surface area contributed by atoms with Gasteiger partial charge in [0.2, 0.25) is 5.91 Å². The van der Waals surface area contributed by atoms with E-state index in [4.69, 9.17) is 0 Å². The lowest BCUT2D eigenvalue weighted by molar-refractivity contribution is -0.114. The van der Waals surface area contributed by atoms with Crippen LogP contribution in [0, 0.1) is 0 Å². The molecule has 6 nitrogen and oxygen atoms in total. The number of amides is 1. The van der Waals surface area contributed by atoms with Crippen LogP contribution in [0.2, 0.25) is 0 Å². The van der Waals surface area contributed by atoms with Gasteiger partial charge in [-0.3, -0.25) is 9.69 Å². The van der Waals surface area contributed by atoms with Crippen molar-refractivity contribution in [1.29, 1.82) is 0 Å². The highest BCUT2D eigenvalue weighted by Gasteiger charge is 2.22. The van der Waals surface area contributed by atoms with Gasteiger partial charge >= 0.3 is 0 Å². The van der Waals surface area contributed by atoms with E-state index in [9.17, 15) is 4.79 Å². The van der Waals surface area contributed by atoms with Crippen LogP contribution in [-0.2, 0) is 4.79 Å². The molecule has 150 valence electrons. The van der Waals surface area contributed by atoms with E-state index in [0.717, 1.165) is 48.9 Å². The van der Waals surface area contributed by atoms with E-state index in [0.29, 0.717) is 12.0 Å². The van der Waals surface area contributed by atoms with Crippen molar-refractivity contribution in [1.82, 2.24) is 15.1 Å². The number of aromatic nitrogens is 2. The van der Waals surface area contributed by atoms with Crippen molar-refractivity contribution in [3.63, 3.8) is 0 Å². The minimum Gasteiger partial charge on any atom is -0.353 e. The number of nitrogens with one attached hydrogen (secondary N) is 1. The first-order chi connectivity index (χ1) is 13.3. The van der Waals surface area contributed by atoms with Crippen LogP contribution < -0.4 is 10.2 Å². The van der Waals surface area contributed by atoms with Gasteiger partial charge in [-0.1, -0.05) is 26.0 Å². The Balaban J connectivity index is 1.83. The summed E-state index contributed by atoms with van der Waals surface area (Å²) in [7, 11) is 0. The summed E-state index contributed by atoms with van der Waals surface area (Å²) in [5.41, 5.74) is 3.91. The Bertz CT molecular complexity index is 808. The molecule has 1 amide bonds. The molecule has 1 N–H and O–H groups in total. The van der Waals surface area contributed by atoms with Gasteiger partial charge in [-0.15, -0.1) is 10.2 Å². The first-order valence-corrected chi connectivity index (χ1v) is 10.1. The molecule has 3 rings (SSSR count). The number of piperazine rings is 1. The maximum absolute atomic E-state index is 11.2. The largest absolute Gasteiger partial charge is 0.353 e. The molecule has 1 aliphatic rings. The molecule has 2 heterocycles. The molecule has 6 heteroatoms. The van der Waals surface area contributed by atoms with Gasteiger partial charge in [-0.25, -0.2) is 0 Å². The number of carbonyl (C=O) groups excluding carboxylic acids is 1. The third kappa shape index (κ3) is 4.68. The smallest absolute Gasteiger partial charge is 0.221 e. The van der Waals surface area contributed by atoms with E-state index in [1.165, 1.54) is 12.5 Å². The van der Waals surface area contributed by atoms with Gasteiger partial charge in [-0.05, 0) is 43.5 Å². The first kappa shape index (κ1) is 20.3. The maximum Gasteiger partial charge on any atom is 0.221 e. The second-order valence-corrected chi connectivity index (χ2v) is 8.04. The topological polar surface area (TPSA) is 61.4 Å². The van der Waals surface area contributed by atoms with Crippen molar-refractivity contribution < 1.29 is 4.79 Å². The van der Waals surface area contributed by atoms with Gasteiger partial charge in [-0.2, -0.15) is 0 Å². The Labute approximate surface area is 168 Å². The summed E-state index contributed by atoms with van der Waals surface area (Å²) < 4.78 is 0. The molecule has 2 aromatic rings. The summed E-state index contributed by atoms with van der Waals surface area (Å²) >= 11 is 0. The van der Waals surface area contributed by atoms with E-state index >= 15 is 0 Å². The van der Waals surface area contributed by atoms with E-state index in [-0.39, 0.29) is 5.91 Å². The predicted octanol–water partition coefficient (Wildman–Crippen LogP) is 3.76. The third-order valence-corrected chi connectivity index (χ3v) is 5.28. The fourth-order valence-corrected chi connectivity index (χ4v) is 3.60. The number of carbonyl (C=O) groups is 1. The molecular formula is C22H31N5O. The minimum atomic E-state index is -0.0719. The monoisotopic (exact) mass is 381 g/mol. The minimum absolute atomic E-state index is 0.0719. The van der Waals surface area contributed by atoms with Crippen molar-refractivity contribution in [2.24, 2.45) is 0 Å². The SMILES string of the molecule is CC(=O)Nc1ccc(-c2nnc(N3CCN(C(C)C)CC3)cc2C(C)C)cc1. The zero-order chi connectivity index (χ0) is 20.3. The number of benzene rings is 1. The normalized spacial score (nSPS) is 15.3. The van der Waals surface area contributed by atoms with Crippen LogP contribution in [0.4, 0.5) is 11.5 Å². The van der Waals surface area contributed by atoms with Gasteiger partial charge in [0.25, 0.3) is 0 Å². The Morgan fingerprint density at radius 3 is 2.18 bits per heavy atom. The average molecular weight is 382 g/mol. The van der Waals surface area contributed by atoms with Crippen LogP contribution >= 0.6 is 0 Å². The van der Waals surface area contributed by atoms with E-state index in [2.05, 4.69) is 59.1 Å². The van der Waals surface area contributed by atoms with Crippen LogP contribution in [0.1, 0.15) is 46.1 Å². The number of rotatable bonds is 5. The molecule has 1 aromatic carbocycles. The molecular weight excluding hydrogens is 350 g/mol. The zero-order valence-electron chi connectivity index (χ0n) is 17.6. The van der Waals surface area contributed by atoms with E-state index < -0.39 is 0 Å². The second-order valence-electron chi connectivity index (χ2n) is 8.04. The molecule has 0 atom stereocenters. The highest BCUT2D eigenvalue weighted by atomic mass is 16.1. The number of hydrogen-bond donors (Lipinski definition) is 1. The lowest BCUT2D eigenvalue weighted by Crippen LogP contribution is -2.49. The summed E-state index contributed by atoms with van der Waals surface area (Å²) in [6.07, 6.45) is 0. The quantitative estimate of drug-likeness (QED) is 0.855. The summed E-state index contributed by atoms with van der Waals surface area (Å²) in [5, 5.41) is 11.9. The zero-order valence-corrected chi connectivity index (χ0v) is 17.6. The van der Waals surface area contributed by atoms with Gasteiger partial charge in [0, 0.05) is 50.4 Å². The molecule has 0 radical (unpaired) electrons. The number of anilines is 2. The Morgan fingerprint density at radius 2 is 1.64 bits per heavy atom. The van der Waals surface area contributed by atoms with Crippen LogP contribution in [0.25, 0.3) is 11.3 Å². The Hall–Kier alpha value is -2.47. The Morgan fingerprint density at radius 1 is 1.00 bits per heavy atom. The van der Waals surface area contributed by atoms with Crippen molar-refractivity contribution in [2.75, 3.05) is 36.4 Å². The summed E-state index contributed by atoms with van der Waals surface area (Å²) in [4.78, 5) is 16.0. The summed E-state index contributed by atoms with van der Waals surface area (Å²) in [6.45, 7) is 14.5. The van der Waals surface area contributed by atoms with E-state index in [1.54, 1.807) is 0 Å². The standard InChI is InChI=1S/C22H31N5O/c1-15(2)20-14-21(27-12-10-26(11-13-27)16(3)4)24-25-22(20)18-6-8-19(9-7-18)23-17(5)28/h6-9,14-16H,10-13H2,1-5H3,(H,23,28).